The number of hydrogen-bond donors (Lipinski definition) is 2. The summed E-state index contributed by atoms with van der Waals surface area (Å²) in [5, 5.41) is 13.4. The maximum Gasteiger partial charge on any atom is 0.124 e. The fraction of sp³-hybridized carbons (Fsp3) is 0.250. The van der Waals surface area contributed by atoms with Gasteiger partial charge < -0.3 is 15.2 Å². The summed E-state index contributed by atoms with van der Waals surface area (Å²) < 4.78 is 5.63. The molecule has 98 valence electrons. The Labute approximate surface area is 112 Å². The SMILES string of the molecule is Cc1cccc(CNC2COc3ccccc32)c1O. The molecule has 1 unspecified atom stereocenters. The summed E-state index contributed by atoms with van der Waals surface area (Å²) in [6.45, 7) is 3.19. The zero-order chi connectivity index (χ0) is 13.2. The molecule has 2 aromatic carbocycles. The number of hydrogen-bond acceptors (Lipinski definition) is 3. The van der Waals surface area contributed by atoms with E-state index in [1.54, 1.807) is 0 Å². The fourth-order valence-corrected chi connectivity index (χ4v) is 2.43. The van der Waals surface area contributed by atoms with Gasteiger partial charge in [-0.2, -0.15) is 0 Å². The molecule has 1 atom stereocenters. The van der Waals surface area contributed by atoms with E-state index < -0.39 is 0 Å². The van der Waals surface area contributed by atoms with Crippen molar-refractivity contribution in [3.63, 3.8) is 0 Å². The summed E-state index contributed by atoms with van der Waals surface area (Å²) in [5.74, 6) is 1.33. The van der Waals surface area contributed by atoms with E-state index in [4.69, 9.17) is 4.74 Å². The van der Waals surface area contributed by atoms with Gasteiger partial charge in [-0.1, -0.05) is 36.4 Å². The van der Waals surface area contributed by atoms with Gasteiger partial charge in [0.15, 0.2) is 0 Å². The van der Waals surface area contributed by atoms with Crippen LogP contribution in [0.3, 0.4) is 0 Å². The number of fused-ring (bicyclic) bond motifs is 1. The minimum atomic E-state index is 0.191. The lowest BCUT2D eigenvalue weighted by atomic mass is 10.1. The molecule has 2 N–H and O–H groups in total. The van der Waals surface area contributed by atoms with E-state index in [0.717, 1.165) is 16.9 Å². The van der Waals surface area contributed by atoms with E-state index in [1.807, 2.05) is 43.3 Å². The first-order valence-corrected chi connectivity index (χ1v) is 6.48. The molecule has 3 heteroatoms. The third-order valence-corrected chi connectivity index (χ3v) is 3.56. The smallest absolute Gasteiger partial charge is 0.124 e. The largest absolute Gasteiger partial charge is 0.507 e. The highest BCUT2D eigenvalue weighted by molar-refractivity contribution is 5.41. The van der Waals surface area contributed by atoms with Crippen molar-refractivity contribution in [1.82, 2.24) is 5.32 Å². The highest BCUT2D eigenvalue weighted by Gasteiger charge is 2.23. The van der Waals surface area contributed by atoms with E-state index in [0.29, 0.717) is 18.9 Å². The second kappa shape index (κ2) is 4.94. The molecular weight excluding hydrogens is 238 g/mol. The molecule has 0 aliphatic carbocycles. The van der Waals surface area contributed by atoms with Crippen LogP contribution in [0, 0.1) is 6.92 Å². The first kappa shape index (κ1) is 12.1. The zero-order valence-corrected chi connectivity index (χ0v) is 10.9. The Hall–Kier alpha value is -2.00. The average Bonchev–Trinajstić information content (AvgIpc) is 2.84. The van der Waals surface area contributed by atoms with Crippen LogP contribution in [-0.2, 0) is 6.54 Å². The van der Waals surface area contributed by atoms with Gasteiger partial charge in [-0.3, -0.25) is 0 Å². The number of rotatable bonds is 3. The predicted octanol–water partition coefficient (Wildman–Crippen LogP) is 2.92. The molecular formula is C16H17NO2. The molecule has 1 heterocycles. The van der Waals surface area contributed by atoms with Gasteiger partial charge in [0.05, 0.1) is 6.04 Å². The lowest BCUT2D eigenvalue weighted by Crippen LogP contribution is -2.22. The van der Waals surface area contributed by atoms with Crippen LogP contribution in [0.15, 0.2) is 42.5 Å². The number of aromatic hydroxyl groups is 1. The Morgan fingerprint density at radius 2 is 2.05 bits per heavy atom. The predicted molar refractivity (Wildman–Crippen MR) is 74.4 cm³/mol. The van der Waals surface area contributed by atoms with Gasteiger partial charge in [0, 0.05) is 17.7 Å². The number of nitrogens with one attached hydrogen (secondary N) is 1. The normalized spacial score (nSPS) is 17.0. The average molecular weight is 255 g/mol. The summed E-state index contributed by atoms with van der Waals surface area (Å²) in [7, 11) is 0. The van der Waals surface area contributed by atoms with Crippen LogP contribution in [0.5, 0.6) is 11.5 Å². The van der Waals surface area contributed by atoms with Crippen LogP contribution in [0.25, 0.3) is 0 Å². The standard InChI is InChI=1S/C16H17NO2/c1-11-5-4-6-12(16(11)18)9-17-14-10-19-15-8-3-2-7-13(14)15/h2-8,14,17-18H,9-10H2,1H3. The number of phenolic OH excluding ortho intramolecular Hbond substituents is 1. The molecule has 3 rings (SSSR count). The fourth-order valence-electron chi connectivity index (χ4n) is 2.43. The second-order valence-electron chi connectivity index (χ2n) is 4.86. The van der Waals surface area contributed by atoms with Gasteiger partial charge in [0.25, 0.3) is 0 Å². The van der Waals surface area contributed by atoms with Crippen molar-refractivity contribution in [2.24, 2.45) is 0 Å². The maximum atomic E-state index is 10.00. The molecule has 2 aromatic rings. The molecule has 3 nitrogen and oxygen atoms in total. The zero-order valence-electron chi connectivity index (χ0n) is 10.9. The van der Waals surface area contributed by atoms with Crippen molar-refractivity contribution in [3.05, 3.63) is 59.2 Å². The molecule has 0 saturated heterocycles. The van der Waals surface area contributed by atoms with E-state index in [9.17, 15) is 5.11 Å². The minimum absolute atomic E-state index is 0.191. The van der Waals surface area contributed by atoms with Crippen LogP contribution in [0.2, 0.25) is 0 Å². The molecule has 1 aliphatic rings. The van der Waals surface area contributed by atoms with Gasteiger partial charge in [0.2, 0.25) is 0 Å². The topological polar surface area (TPSA) is 41.5 Å². The van der Waals surface area contributed by atoms with E-state index in [1.165, 1.54) is 5.56 Å². The maximum absolute atomic E-state index is 10.00. The van der Waals surface area contributed by atoms with Crippen LogP contribution < -0.4 is 10.1 Å². The second-order valence-corrected chi connectivity index (χ2v) is 4.86. The van der Waals surface area contributed by atoms with Crippen molar-refractivity contribution in [2.75, 3.05) is 6.61 Å². The number of aryl methyl sites for hydroxylation is 1. The number of ether oxygens (including phenoxy) is 1. The third-order valence-electron chi connectivity index (χ3n) is 3.56. The van der Waals surface area contributed by atoms with E-state index in [-0.39, 0.29) is 6.04 Å². The van der Waals surface area contributed by atoms with Crippen molar-refractivity contribution >= 4 is 0 Å². The van der Waals surface area contributed by atoms with Crippen molar-refractivity contribution in [2.45, 2.75) is 19.5 Å². The van der Waals surface area contributed by atoms with Crippen molar-refractivity contribution < 1.29 is 9.84 Å². The summed E-state index contributed by atoms with van der Waals surface area (Å²) in [5.41, 5.74) is 3.02. The quantitative estimate of drug-likeness (QED) is 0.886. The number of para-hydroxylation sites is 2. The number of phenols is 1. The Kier molecular flexibility index (Phi) is 3.13. The molecule has 0 bridgehead atoms. The minimum Gasteiger partial charge on any atom is -0.507 e. The molecule has 0 fully saturated rings. The van der Waals surface area contributed by atoms with E-state index in [2.05, 4.69) is 11.4 Å². The third kappa shape index (κ3) is 2.29. The van der Waals surface area contributed by atoms with Crippen LogP contribution >= 0.6 is 0 Å². The van der Waals surface area contributed by atoms with Crippen LogP contribution in [0.1, 0.15) is 22.7 Å². The first-order valence-electron chi connectivity index (χ1n) is 6.48. The molecule has 0 saturated carbocycles. The van der Waals surface area contributed by atoms with Crippen LogP contribution in [0.4, 0.5) is 0 Å². The Balaban J connectivity index is 1.73. The van der Waals surface area contributed by atoms with Gasteiger partial charge >= 0.3 is 0 Å². The van der Waals surface area contributed by atoms with Gasteiger partial charge in [0.1, 0.15) is 18.1 Å². The Morgan fingerprint density at radius 3 is 2.95 bits per heavy atom. The Bertz CT molecular complexity index is 595. The van der Waals surface area contributed by atoms with Gasteiger partial charge in [-0.05, 0) is 18.6 Å². The molecule has 0 spiro atoms. The highest BCUT2D eigenvalue weighted by Crippen LogP contribution is 2.32. The molecule has 19 heavy (non-hydrogen) atoms. The van der Waals surface area contributed by atoms with Gasteiger partial charge in [-0.15, -0.1) is 0 Å². The first-order chi connectivity index (χ1) is 9.25. The Morgan fingerprint density at radius 1 is 1.21 bits per heavy atom. The van der Waals surface area contributed by atoms with Gasteiger partial charge in [-0.25, -0.2) is 0 Å². The monoisotopic (exact) mass is 255 g/mol. The summed E-state index contributed by atoms with van der Waals surface area (Å²) >= 11 is 0. The van der Waals surface area contributed by atoms with Crippen molar-refractivity contribution in [3.8, 4) is 11.5 Å². The van der Waals surface area contributed by atoms with Crippen LogP contribution in [-0.4, -0.2) is 11.7 Å². The van der Waals surface area contributed by atoms with Crippen molar-refractivity contribution in [1.29, 1.82) is 0 Å². The highest BCUT2D eigenvalue weighted by atomic mass is 16.5. The summed E-state index contributed by atoms with van der Waals surface area (Å²) in [4.78, 5) is 0. The molecule has 0 aromatic heterocycles. The lowest BCUT2D eigenvalue weighted by molar-refractivity contribution is 0.310. The molecule has 0 radical (unpaired) electrons. The number of benzene rings is 2. The van der Waals surface area contributed by atoms with E-state index >= 15 is 0 Å². The summed E-state index contributed by atoms with van der Waals surface area (Å²) in [6.07, 6.45) is 0. The lowest BCUT2D eigenvalue weighted by Gasteiger charge is -2.13. The molecule has 0 amide bonds. The summed E-state index contributed by atoms with van der Waals surface area (Å²) in [6, 6.07) is 14.1. The molecule has 1 aliphatic heterocycles.